The lowest BCUT2D eigenvalue weighted by Crippen LogP contribution is -2.11. The SMILES string of the molecule is CC1=CC(S(C)(C)C2=C(C)c3ccccc3C2C)c2ccccc21. The molecule has 124 valence electrons. The van der Waals surface area contributed by atoms with Crippen molar-refractivity contribution in [3.63, 3.8) is 0 Å². The van der Waals surface area contributed by atoms with Gasteiger partial charge in [-0.25, -0.2) is 10.0 Å². The van der Waals surface area contributed by atoms with Crippen LogP contribution >= 0.6 is 10.0 Å². The highest BCUT2D eigenvalue weighted by Gasteiger charge is 2.39. The van der Waals surface area contributed by atoms with E-state index >= 15 is 0 Å². The van der Waals surface area contributed by atoms with E-state index in [2.05, 4.69) is 87.9 Å². The van der Waals surface area contributed by atoms with Gasteiger partial charge in [-0.2, -0.15) is 0 Å². The van der Waals surface area contributed by atoms with E-state index in [1.54, 1.807) is 4.91 Å². The van der Waals surface area contributed by atoms with Crippen LogP contribution in [0.2, 0.25) is 0 Å². The van der Waals surface area contributed by atoms with Gasteiger partial charge < -0.3 is 0 Å². The van der Waals surface area contributed by atoms with E-state index in [0.29, 0.717) is 11.2 Å². The normalized spacial score (nSPS) is 23.1. The van der Waals surface area contributed by atoms with Crippen molar-refractivity contribution in [1.82, 2.24) is 0 Å². The third-order valence-electron chi connectivity index (χ3n) is 5.89. The van der Waals surface area contributed by atoms with Crippen molar-refractivity contribution < 1.29 is 0 Å². The molecule has 0 aliphatic heterocycles. The largest absolute Gasteiger partial charge is 0.213 e. The molecule has 0 saturated heterocycles. The predicted octanol–water partition coefficient (Wildman–Crippen LogP) is 6.76. The van der Waals surface area contributed by atoms with E-state index in [4.69, 9.17) is 0 Å². The van der Waals surface area contributed by atoms with Gasteiger partial charge in [0.05, 0.1) is 0 Å². The van der Waals surface area contributed by atoms with Crippen LogP contribution < -0.4 is 0 Å². The molecule has 2 aliphatic carbocycles. The number of hydrogen-bond acceptors (Lipinski definition) is 0. The van der Waals surface area contributed by atoms with Gasteiger partial charge in [-0.05, 0) is 64.7 Å². The Morgan fingerprint density at radius 3 is 2.04 bits per heavy atom. The molecule has 2 unspecified atom stereocenters. The van der Waals surface area contributed by atoms with E-state index in [0.717, 1.165) is 0 Å². The number of benzene rings is 2. The van der Waals surface area contributed by atoms with Gasteiger partial charge in [0.25, 0.3) is 0 Å². The molecule has 0 aromatic heterocycles. The minimum absolute atomic E-state index is 0.535. The first-order valence-electron chi connectivity index (χ1n) is 8.73. The van der Waals surface area contributed by atoms with Crippen molar-refractivity contribution in [2.45, 2.75) is 31.9 Å². The van der Waals surface area contributed by atoms with Crippen molar-refractivity contribution in [3.05, 3.63) is 81.8 Å². The zero-order valence-corrected chi connectivity index (χ0v) is 16.1. The Labute approximate surface area is 147 Å². The lowest BCUT2D eigenvalue weighted by atomic mass is 10.0. The van der Waals surface area contributed by atoms with E-state index in [1.807, 2.05) is 0 Å². The molecule has 1 heteroatoms. The Bertz CT molecular complexity index is 882. The van der Waals surface area contributed by atoms with E-state index < -0.39 is 10.0 Å². The monoisotopic (exact) mass is 334 g/mol. The first-order valence-corrected chi connectivity index (χ1v) is 11.2. The lowest BCUT2D eigenvalue weighted by Gasteiger charge is -2.42. The maximum absolute atomic E-state index is 2.52. The standard InChI is InChI=1S/C23H26S/c1-15-14-22(21-13-9-6-10-18(15)21)24(4,5)23-16(2)19-11-7-8-12-20(19)17(23)3/h6-14,16,22H,1-5H3. The predicted molar refractivity (Wildman–Crippen MR) is 110 cm³/mol. The highest BCUT2D eigenvalue weighted by molar-refractivity contribution is 8.36. The van der Waals surface area contributed by atoms with Gasteiger partial charge in [-0.1, -0.05) is 61.5 Å². The molecule has 2 atom stereocenters. The quantitative estimate of drug-likeness (QED) is 0.569. The first-order chi connectivity index (χ1) is 11.4. The molecule has 0 radical (unpaired) electrons. The third-order valence-corrected chi connectivity index (χ3v) is 9.34. The zero-order chi connectivity index (χ0) is 17.1. The third kappa shape index (κ3) is 2.07. The Morgan fingerprint density at radius 2 is 1.38 bits per heavy atom. The Kier molecular flexibility index (Phi) is 3.54. The molecular formula is C23H26S. The average molecular weight is 335 g/mol. The molecule has 0 bridgehead atoms. The van der Waals surface area contributed by atoms with Gasteiger partial charge in [0.2, 0.25) is 0 Å². The summed E-state index contributed by atoms with van der Waals surface area (Å²) < 4.78 is 0. The first kappa shape index (κ1) is 15.8. The topological polar surface area (TPSA) is 0 Å². The van der Waals surface area contributed by atoms with Crippen LogP contribution in [0.3, 0.4) is 0 Å². The fourth-order valence-corrected chi connectivity index (χ4v) is 8.40. The maximum Gasteiger partial charge on any atom is 0.0363 e. The summed E-state index contributed by atoms with van der Waals surface area (Å²) in [6.45, 7) is 7.00. The molecule has 2 aromatic rings. The highest BCUT2D eigenvalue weighted by atomic mass is 32.3. The molecule has 4 rings (SSSR count). The van der Waals surface area contributed by atoms with Gasteiger partial charge in [-0.3, -0.25) is 0 Å². The fourth-order valence-electron chi connectivity index (χ4n) is 4.80. The maximum atomic E-state index is 2.52. The summed E-state index contributed by atoms with van der Waals surface area (Å²) in [4.78, 5) is 1.69. The molecular weight excluding hydrogens is 308 g/mol. The molecule has 2 aromatic carbocycles. The number of rotatable bonds is 2. The Morgan fingerprint density at radius 1 is 0.792 bits per heavy atom. The van der Waals surface area contributed by atoms with Crippen molar-refractivity contribution in [3.8, 4) is 0 Å². The summed E-state index contributed by atoms with van der Waals surface area (Å²) in [5, 5.41) is 0.537. The van der Waals surface area contributed by atoms with Crippen molar-refractivity contribution in [2.75, 3.05) is 12.5 Å². The van der Waals surface area contributed by atoms with Crippen LogP contribution in [-0.4, -0.2) is 12.5 Å². The van der Waals surface area contributed by atoms with Crippen LogP contribution in [0.25, 0.3) is 11.1 Å². The summed E-state index contributed by atoms with van der Waals surface area (Å²) in [7, 11) is -0.948. The summed E-state index contributed by atoms with van der Waals surface area (Å²) in [6.07, 6.45) is 7.56. The highest BCUT2D eigenvalue weighted by Crippen LogP contribution is 2.70. The average Bonchev–Trinajstić information content (AvgIpc) is 3.05. The zero-order valence-electron chi connectivity index (χ0n) is 15.3. The molecule has 0 nitrogen and oxygen atoms in total. The van der Waals surface area contributed by atoms with Gasteiger partial charge in [-0.15, -0.1) is 0 Å². The number of allylic oxidation sites excluding steroid dienone is 3. The molecule has 0 amide bonds. The molecule has 0 spiro atoms. The van der Waals surface area contributed by atoms with E-state index in [-0.39, 0.29) is 0 Å². The van der Waals surface area contributed by atoms with Crippen LogP contribution in [0.4, 0.5) is 0 Å². The minimum Gasteiger partial charge on any atom is -0.213 e. The molecule has 0 fully saturated rings. The second kappa shape index (κ2) is 5.39. The molecule has 0 N–H and O–H groups in total. The molecule has 24 heavy (non-hydrogen) atoms. The number of fused-ring (bicyclic) bond motifs is 2. The van der Waals surface area contributed by atoms with Crippen LogP contribution in [-0.2, 0) is 0 Å². The van der Waals surface area contributed by atoms with Gasteiger partial charge in [0.1, 0.15) is 0 Å². The van der Waals surface area contributed by atoms with E-state index in [1.165, 1.54) is 33.4 Å². The van der Waals surface area contributed by atoms with Crippen molar-refractivity contribution in [2.24, 2.45) is 0 Å². The molecule has 0 saturated carbocycles. The number of hydrogen-bond donors (Lipinski definition) is 0. The lowest BCUT2D eigenvalue weighted by molar-refractivity contribution is 0.967. The van der Waals surface area contributed by atoms with Crippen LogP contribution in [0, 0.1) is 0 Å². The molecule has 0 heterocycles. The summed E-state index contributed by atoms with van der Waals surface area (Å²) in [6, 6.07) is 18.0. The van der Waals surface area contributed by atoms with Crippen LogP contribution in [0.1, 0.15) is 54.2 Å². The van der Waals surface area contributed by atoms with Gasteiger partial charge in [0.15, 0.2) is 0 Å². The van der Waals surface area contributed by atoms with Gasteiger partial charge >= 0.3 is 0 Å². The summed E-state index contributed by atoms with van der Waals surface area (Å²) >= 11 is 0. The van der Waals surface area contributed by atoms with Crippen molar-refractivity contribution in [1.29, 1.82) is 0 Å². The molecule has 2 aliphatic rings. The smallest absolute Gasteiger partial charge is 0.0363 e. The van der Waals surface area contributed by atoms with Crippen LogP contribution in [0.5, 0.6) is 0 Å². The fraction of sp³-hybridized carbons (Fsp3) is 0.304. The second-order valence-corrected chi connectivity index (χ2v) is 11.3. The van der Waals surface area contributed by atoms with Crippen molar-refractivity contribution >= 4 is 21.2 Å². The van der Waals surface area contributed by atoms with Crippen LogP contribution in [0.15, 0.2) is 59.5 Å². The second-order valence-electron chi connectivity index (χ2n) is 7.56. The Balaban J connectivity index is 1.85. The van der Waals surface area contributed by atoms with Gasteiger partial charge in [0, 0.05) is 11.2 Å². The summed E-state index contributed by atoms with van der Waals surface area (Å²) in [5.74, 6) is 0.535. The summed E-state index contributed by atoms with van der Waals surface area (Å²) in [5.41, 5.74) is 8.92. The Hall–Kier alpha value is -1.73. The van der Waals surface area contributed by atoms with E-state index in [9.17, 15) is 0 Å². The minimum atomic E-state index is -0.948.